The number of benzene rings is 2. The van der Waals surface area contributed by atoms with Gasteiger partial charge in [-0.1, -0.05) is 35.9 Å². The normalized spacial score (nSPS) is 10.2. The monoisotopic (exact) mass is 318 g/mol. The van der Waals surface area contributed by atoms with Crippen LogP contribution in [0.15, 0.2) is 60.7 Å². The van der Waals surface area contributed by atoms with Crippen LogP contribution in [0.4, 0.5) is 17.3 Å². The lowest BCUT2D eigenvalue weighted by Gasteiger charge is -2.09. The molecule has 0 atom stereocenters. The summed E-state index contributed by atoms with van der Waals surface area (Å²) >= 11 is 0. The molecule has 0 unspecified atom stereocenters. The summed E-state index contributed by atoms with van der Waals surface area (Å²) in [4.78, 5) is 12.2. The van der Waals surface area contributed by atoms with Crippen LogP contribution in [0.3, 0.4) is 0 Å². The SMILES string of the molecule is Cc1cccc(C(=O)Nc2ccc(Nc3ccccc3C)nn2)c1. The molecule has 3 rings (SSSR count). The fourth-order valence-electron chi connectivity index (χ4n) is 2.29. The first-order valence-electron chi connectivity index (χ1n) is 7.66. The molecule has 5 heteroatoms. The number of rotatable bonds is 4. The summed E-state index contributed by atoms with van der Waals surface area (Å²) in [7, 11) is 0. The third-order valence-corrected chi connectivity index (χ3v) is 3.59. The summed E-state index contributed by atoms with van der Waals surface area (Å²) in [5.41, 5.74) is 3.73. The zero-order chi connectivity index (χ0) is 16.9. The zero-order valence-electron chi connectivity index (χ0n) is 13.6. The second-order valence-electron chi connectivity index (χ2n) is 5.57. The Kier molecular flexibility index (Phi) is 4.52. The molecule has 0 bridgehead atoms. The Morgan fingerprint density at radius 1 is 0.875 bits per heavy atom. The summed E-state index contributed by atoms with van der Waals surface area (Å²) in [6, 6.07) is 18.8. The van der Waals surface area contributed by atoms with Gasteiger partial charge in [0, 0.05) is 11.3 Å². The highest BCUT2D eigenvalue weighted by atomic mass is 16.1. The molecule has 0 saturated heterocycles. The highest BCUT2D eigenvalue weighted by Gasteiger charge is 2.07. The Morgan fingerprint density at radius 2 is 1.62 bits per heavy atom. The van der Waals surface area contributed by atoms with Crippen LogP contribution >= 0.6 is 0 Å². The fourth-order valence-corrected chi connectivity index (χ4v) is 2.29. The first-order valence-corrected chi connectivity index (χ1v) is 7.66. The molecule has 0 radical (unpaired) electrons. The zero-order valence-corrected chi connectivity index (χ0v) is 13.6. The van der Waals surface area contributed by atoms with Crippen molar-refractivity contribution >= 4 is 23.2 Å². The standard InChI is InChI=1S/C19H18N4O/c1-13-6-5-8-15(12-13)19(24)21-18-11-10-17(22-23-18)20-16-9-4-3-7-14(16)2/h3-12H,1-2H3,(H,20,22)(H,21,23,24). The van der Waals surface area contributed by atoms with E-state index in [1.165, 1.54) is 0 Å². The summed E-state index contributed by atoms with van der Waals surface area (Å²) in [6.45, 7) is 3.97. The van der Waals surface area contributed by atoms with E-state index in [-0.39, 0.29) is 5.91 Å². The maximum Gasteiger partial charge on any atom is 0.256 e. The predicted octanol–water partition coefficient (Wildman–Crippen LogP) is 4.09. The molecule has 1 aromatic heterocycles. The van der Waals surface area contributed by atoms with Gasteiger partial charge in [-0.3, -0.25) is 4.79 Å². The number of aromatic nitrogens is 2. The van der Waals surface area contributed by atoms with Gasteiger partial charge in [0.2, 0.25) is 0 Å². The van der Waals surface area contributed by atoms with Crippen molar-refractivity contribution in [3.63, 3.8) is 0 Å². The Bertz CT molecular complexity index is 859. The molecule has 1 heterocycles. The average Bonchev–Trinajstić information content (AvgIpc) is 2.58. The summed E-state index contributed by atoms with van der Waals surface area (Å²) in [5, 5.41) is 14.1. The predicted molar refractivity (Wildman–Crippen MR) is 95.6 cm³/mol. The fraction of sp³-hybridized carbons (Fsp3) is 0.105. The number of anilines is 3. The van der Waals surface area contributed by atoms with E-state index in [1.807, 2.05) is 56.3 Å². The van der Waals surface area contributed by atoms with Gasteiger partial charge in [0.25, 0.3) is 5.91 Å². The van der Waals surface area contributed by atoms with Gasteiger partial charge in [-0.2, -0.15) is 0 Å². The highest BCUT2D eigenvalue weighted by Crippen LogP contribution is 2.18. The number of nitrogens with zero attached hydrogens (tertiary/aromatic N) is 2. The largest absolute Gasteiger partial charge is 0.339 e. The highest BCUT2D eigenvalue weighted by molar-refractivity contribution is 6.03. The van der Waals surface area contributed by atoms with Crippen molar-refractivity contribution in [1.82, 2.24) is 10.2 Å². The maximum atomic E-state index is 12.2. The maximum absolute atomic E-state index is 12.2. The molecule has 0 spiro atoms. The third-order valence-electron chi connectivity index (χ3n) is 3.59. The van der Waals surface area contributed by atoms with E-state index in [0.29, 0.717) is 17.2 Å². The van der Waals surface area contributed by atoms with Gasteiger partial charge in [0.15, 0.2) is 11.6 Å². The van der Waals surface area contributed by atoms with Gasteiger partial charge in [-0.05, 0) is 49.7 Å². The van der Waals surface area contributed by atoms with Crippen molar-refractivity contribution in [2.75, 3.05) is 10.6 Å². The van der Waals surface area contributed by atoms with E-state index >= 15 is 0 Å². The molecule has 0 aliphatic carbocycles. The lowest BCUT2D eigenvalue weighted by molar-refractivity contribution is 0.102. The van der Waals surface area contributed by atoms with Crippen LogP contribution in [0.1, 0.15) is 21.5 Å². The van der Waals surface area contributed by atoms with Gasteiger partial charge >= 0.3 is 0 Å². The minimum absolute atomic E-state index is 0.201. The molecule has 0 saturated carbocycles. The first-order chi connectivity index (χ1) is 11.6. The van der Waals surface area contributed by atoms with Gasteiger partial charge < -0.3 is 10.6 Å². The van der Waals surface area contributed by atoms with E-state index in [1.54, 1.807) is 18.2 Å². The Labute approximate surface area is 140 Å². The molecule has 1 amide bonds. The van der Waals surface area contributed by atoms with Gasteiger partial charge in [-0.15, -0.1) is 10.2 Å². The molecular weight excluding hydrogens is 300 g/mol. The van der Waals surface area contributed by atoms with E-state index in [9.17, 15) is 4.79 Å². The first kappa shape index (κ1) is 15.7. The minimum atomic E-state index is -0.201. The second-order valence-corrected chi connectivity index (χ2v) is 5.57. The van der Waals surface area contributed by atoms with Crippen LogP contribution in [0, 0.1) is 13.8 Å². The van der Waals surface area contributed by atoms with Gasteiger partial charge in [-0.25, -0.2) is 0 Å². The Hall–Kier alpha value is -3.21. The van der Waals surface area contributed by atoms with Crippen molar-refractivity contribution in [3.05, 3.63) is 77.4 Å². The molecule has 0 aliphatic rings. The minimum Gasteiger partial charge on any atom is -0.339 e. The molecule has 120 valence electrons. The van der Waals surface area contributed by atoms with Crippen LogP contribution in [0.5, 0.6) is 0 Å². The van der Waals surface area contributed by atoms with Crippen molar-refractivity contribution in [2.45, 2.75) is 13.8 Å². The number of amides is 1. The van der Waals surface area contributed by atoms with Crippen LogP contribution in [-0.4, -0.2) is 16.1 Å². The van der Waals surface area contributed by atoms with Crippen LogP contribution in [0.2, 0.25) is 0 Å². The van der Waals surface area contributed by atoms with Gasteiger partial charge in [0.1, 0.15) is 0 Å². The van der Waals surface area contributed by atoms with Gasteiger partial charge in [0.05, 0.1) is 0 Å². The smallest absolute Gasteiger partial charge is 0.256 e. The number of carbonyl (C=O) groups excluding carboxylic acids is 1. The number of nitrogens with one attached hydrogen (secondary N) is 2. The number of carbonyl (C=O) groups is 1. The molecule has 5 nitrogen and oxygen atoms in total. The van der Waals surface area contributed by atoms with Crippen LogP contribution < -0.4 is 10.6 Å². The average molecular weight is 318 g/mol. The van der Waals surface area contributed by atoms with Crippen LogP contribution in [0.25, 0.3) is 0 Å². The Balaban J connectivity index is 1.68. The molecular formula is C19H18N4O. The van der Waals surface area contributed by atoms with Crippen molar-refractivity contribution in [2.24, 2.45) is 0 Å². The quantitative estimate of drug-likeness (QED) is 0.760. The molecule has 0 aliphatic heterocycles. The summed E-state index contributed by atoms with van der Waals surface area (Å²) in [6.07, 6.45) is 0. The third kappa shape index (κ3) is 3.76. The van der Waals surface area contributed by atoms with E-state index in [4.69, 9.17) is 0 Å². The molecule has 3 aromatic rings. The molecule has 24 heavy (non-hydrogen) atoms. The van der Waals surface area contributed by atoms with Crippen molar-refractivity contribution < 1.29 is 4.79 Å². The lowest BCUT2D eigenvalue weighted by atomic mass is 10.1. The summed E-state index contributed by atoms with van der Waals surface area (Å²) < 4.78 is 0. The summed E-state index contributed by atoms with van der Waals surface area (Å²) in [5.74, 6) is 0.835. The van der Waals surface area contributed by atoms with Crippen molar-refractivity contribution in [3.8, 4) is 0 Å². The topological polar surface area (TPSA) is 66.9 Å². The van der Waals surface area contributed by atoms with E-state index < -0.39 is 0 Å². The van der Waals surface area contributed by atoms with E-state index in [0.717, 1.165) is 16.8 Å². The van der Waals surface area contributed by atoms with Crippen LogP contribution in [-0.2, 0) is 0 Å². The van der Waals surface area contributed by atoms with E-state index in [2.05, 4.69) is 20.8 Å². The Morgan fingerprint density at radius 3 is 2.33 bits per heavy atom. The lowest BCUT2D eigenvalue weighted by Crippen LogP contribution is -2.13. The number of hydrogen-bond donors (Lipinski definition) is 2. The van der Waals surface area contributed by atoms with Crippen molar-refractivity contribution in [1.29, 1.82) is 0 Å². The molecule has 0 fully saturated rings. The number of hydrogen-bond acceptors (Lipinski definition) is 4. The second kappa shape index (κ2) is 6.91. The number of para-hydroxylation sites is 1. The molecule has 2 aromatic carbocycles. The number of aryl methyl sites for hydroxylation is 2. The molecule has 2 N–H and O–H groups in total.